The highest BCUT2D eigenvalue weighted by Gasteiger charge is 2.51. The lowest BCUT2D eigenvalue weighted by atomic mass is 9.65. The van der Waals surface area contributed by atoms with Crippen molar-refractivity contribution in [3.63, 3.8) is 0 Å². The zero-order chi connectivity index (χ0) is 42.3. The van der Waals surface area contributed by atoms with Crippen LogP contribution < -0.4 is 4.74 Å². The number of ether oxygens (including phenoxy) is 1. The molecule has 1 spiro atoms. The summed E-state index contributed by atoms with van der Waals surface area (Å²) < 4.78 is 6.81. The Hall–Kier alpha value is -7.15. The number of hydrogen-bond acceptors (Lipinski definition) is 2. The van der Waals surface area contributed by atoms with Crippen LogP contribution in [0.5, 0.6) is 11.5 Å². The number of nitrogens with zero attached hydrogens (tertiary/aromatic N) is 2. The van der Waals surface area contributed by atoms with Gasteiger partial charge in [-0.05, 0) is 86.3 Å². The predicted octanol–water partition coefficient (Wildman–Crippen LogP) is 15.5. The van der Waals surface area contributed by atoms with E-state index in [2.05, 4.69) is 248 Å². The van der Waals surface area contributed by atoms with Crippen LogP contribution in [-0.4, -0.2) is 11.5 Å². The quantitative estimate of drug-likeness (QED) is 0.0516. The van der Waals surface area contributed by atoms with Gasteiger partial charge in [-0.15, -0.1) is 0 Å². The number of rotatable bonds is 7. The summed E-state index contributed by atoms with van der Waals surface area (Å²) in [6.45, 7) is 2.08. The van der Waals surface area contributed by atoms with Crippen LogP contribution in [-0.2, 0) is 5.41 Å². The standard InChI is InChI=1S/C59H41IN2O/c1-39(44-21-14-22-45(37-44)40-17-4-2-5-18-40)61-58(62-57(60)47-24-15-23-46(38-47)41-19-6-3-7-20-41)43-35-33-42(34-36-43)48-27-16-31-54-56(48)63-55-32-13-12-30-53(55)59(54)51-28-10-8-25-49(51)50-26-9-11-29-52(50)59/h2-38,57H,1H3. The van der Waals surface area contributed by atoms with Crippen molar-refractivity contribution in [3.8, 4) is 56.0 Å². The molecule has 63 heavy (non-hydrogen) atoms. The van der Waals surface area contributed by atoms with Crippen LogP contribution in [0.25, 0.3) is 44.5 Å². The number of alkyl halides is 1. The molecule has 0 saturated heterocycles. The van der Waals surface area contributed by atoms with Crippen molar-refractivity contribution in [1.29, 1.82) is 0 Å². The molecule has 300 valence electrons. The number of halogens is 1. The third-order valence-corrected chi connectivity index (χ3v) is 13.5. The van der Waals surface area contributed by atoms with E-state index in [0.717, 1.165) is 67.3 Å². The number of amidine groups is 1. The molecule has 0 aromatic heterocycles. The minimum atomic E-state index is -0.524. The van der Waals surface area contributed by atoms with Crippen LogP contribution in [0.1, 0.15) is 49.9 Å². The topological polar surface area (TPSA) is 34.0 Å². The van der Waals surface area contributed by atoms with Gasteiger partial charge >= 0.3 is 0 Å². The third-order valence-electron chi connectivity index (χ3n) is 12.5. The van der Waals surface area contributed by atoms with E-state index >= 15 is 0 Å². The molecule has 1 aliphatic heterocycles. The molecule has 0 bridgehead atoms. The Morgan fingerprint density at radius 3 is 1.65 bits per heavy atom. The second kappa shape index (κ2) is 16.3. The van der Waals surface area contributed by atoms with Crippen molar-refractivity contribution in [2.24, 2.45) is 9.98 Å². The fourth-order valence-electron chi connectivity index (χ4n) is 9.53. The highest BCUT2D eigenvalue weighted by atomic mass is 127. The number of hydrogen-bond donors (Lipinski definition) is 0. The first-order valence-corrected chi connectivity index (χ1v) is 22.6. The van der Waals surface area contributed by atoms with Crippen molar-refractivity contribution in [3.05, 3.63) is 263 Å². The molecule has 1 heterocycles. The minimum Gasteiger partial charge on any atom is -0.456 e. The molecule has 11 rings (SSSR count). The maximum atomic E-state index is 7.00. The van der Waals surface area contributed by atoms with Crippen molar-refractivity contribution in [2.45, 2.75) is 16.4 Å². The summed E-state index contributed by atoms with van der Waals surface area (Å²) in [5.74, 6) is 2.43. The lowest BCUT2D eigenvalue weighted by Crippen LogP contribution is -2.32. The van der Waals surface area contributed by atoms with E-state index in [1.165, 1.54) is 33.4 Å². The first-order chi connectivity index (χ1) is 31.1. The number of benzene rings is 9. The van der Waals surface area contributed by atoms with Crippen molar-refractivity contribution >= 4 is 34.1 Å². The second-order valence-electron chi connectivity index (χ2n) is 16.1. The van der Waals surface area contributed by atoms with Gasteiger partial charge in [-0.1, -0.05) is 229 Å². The van der Waals surface area contributed by atoms with E-state index in [9.17, 15) is 0 Å². The van der Waals surface area contributed by atoms with E-state index in [1.54, 1.807) is 0 Å². The van der Waals surface area contributed by atoms with E-state index in [1.807, 2.05) is 6.07 Å². The molecule has 1 aliphatic carbocycles. The number of fused-ring (bicyclic) bond motifs is 9. The van der Waals surface area contributed by atoms with E-state index in [-0.39, 0.29) is 4.05 Å². The SMILES string of the molecule is CC(=NC(=NC(I)c1cccc(-c2ccccc2)c1)c1ccc(-c2cccc3c2Oc2ccccc2C32c3ccccc3-c3ccccc32)cc1)c1cccc(-c2ccccc2)c1. The van der Waals surface area contributed by atoms with Gasteiger partial charge in [0.05, 0.1) is 5.41 Å². The van der Waals surface area contributed by atoms with Gasteiger partial charge in [-0.25, -0.2) is 9.98 Å². The molecule has 3 nitrogen and oxygen atoms in total. The Balaban J connectivity index is 1.02. The van der Waals surface area contributed by atoms with Crippen molar-refractivity contribution in [2.75, 3.05) is 0 Å². The zero-order valence-corrected chi connectivity index (χ0v) is 36.8. The molecule has 9 aromatic carbocycles. The molecule has 0 radical (unpaired) electrons. The molecule has 4 heteroatoms. The van der Waals surface area contributed by atoms with Crippen LogP contribution in [0.15, 0.2) is 234 Å². The van der Waals surface area contributed by atoms with Crippen LogP contribution >= 0.6 is 22.6 Å². The van der Waals surface area contributed by atoms with Crippen molar-refractivity contribution in [1.82, 2.24) is 0 Å². The summed E-state index contributed by atoms with van der Waals surface area (Å²) in [6, 6.07) is 79.8. The van der Waals surface area contributed by atoms with Crippen molar-refractivity contribution < 1.29 is 4.74 Å². The Morgan fingerprint density at radius 2 is 0.968 bits per heavy atom. The van der Waals surface area contributed by atoms with Crippen LogP contribution in [0, 0.1) is 0 Å². The molecule has 0 fully saturated rings. The van der Waals surface area contributed by atoms with Gasteiger partial charge in [0.1, 0.15) is 15.5 Å². The van der Waals surface area contributed by atoms with E-state index in [0.29, 0.717) is 5.84 Å². The molecule has 0 amide bonds. The Kier molecular flexibility index (Phi) is 10.0. The largest absolute Gasteiger partial charge is 0.456 e. The number of aliphatic imine (C=N–C) groups is 2. The van der Waals surface area contributed by atoms with Gasteiger partial charge in [0, 0.05) is 28.0 Å². The number of para-hydroxylation sites is 2. The zero-order valence-electron chi connectivity index (χ0n) is 34.6. The molecular formula is C59H41IN2O. The predicted molar refractivity (Wildman–Crippen MR) is 269 cm³/mol. The normalized spacial score (nSPS) is 13.9. The Morgan fingerprint density at radius 1 is 0.444 bits per heavy atom. The van der Waals surface area contributed by atoms with Gasteiger partial charge in [0.15, 0.2) is 5.84 Å². The molecule has 1 unspecified atom stereocenters. The first-order valence-electron chi connectivity index (χ1n) is 21.4. The monoisotopic (exact) mass is 920 g/mol. The summed E-state index contributed by atoms with van der Waals surface area (Å²) in [5.41, 5.74) is 17.6. The van der Waals surface area contributed by atoms with E-state index in [4.69, 9.17) is 14.7 Å². The first kappa shape index (κ1) is 38.7. The van der Waals surface area contributed by atoms with Gasteiger partial charge in [-0.3, -0.25) is 0 Å². The molecular weight excluding hydrogens is 880 g/mol. The molecule has 2 aliphatic rings. The third kappa shape index (κ3) is 6.82. The lowest BCUT2D eigenvalue weighted by molar-refractivity contribution is 0.438. The smallest absolute Gasteiger partial charge is 0.156 e. The molecule has 1 atom stereocenters. The summed E-state index contributed by atoms with van der Waals surface area (Å²) in [7, 11) is 0. The van der Waals surface area contributed by atoms with Crippen LogP contribution in [0.3, 0.4) is 0 Å². The lowest BCUT2D eigenvalue weighted by Gasteiger charge is -2.40. The minimum absolute atomic E-state index is 0.184. The molecule has 9 aromatic rings. The van der Waals surface area contributed by atoms with Gasteiger partial charge in [0.2, 0.25) is 0 Å². The van der Waals surface area contributed by atoms with Gasteiger partial charge in [-0.2, -0.15) is 0 Å². The maximum Gasteiger partial charge on any atom is 0.156 e. The summed E-state index contributed by atoms with van der Waals surface area (Å²) in [4.78, 5) is 10.7. The Labute approximate surface area is 382 Å². The molecule has 0 N–H and O–H groups in total. The highest BCUT2D eigenvalue weighted by Crippen LogP contribution is 2.63. The van der Waals surface area contributed by atoms with Gasteiger partial charge in [0.25, 0.3) is 0 Å². The fourth-order valence-corrected chi connectivity index (χ4v) is 10.2. The average Bonchev–Trinajstić information content (AvgIpc) is 3.65. The Bertz CT molecular complexity index is 3180. The average molecular weight is 921 g/mol. The second-order valence-corrected chi connectivity index (χ2v) is 17.3. The van der Waals surface area contributed by atoms with E-state index < -0.39 is 5.41 Å². The van der Waals surface area contributed by atoms with Crippen LogP contribution in [0.2, 0.25) is 0 Å². The summed E-state index contributed by atoms with van der Waals surface area (Å²) >= 11 is 2.44. The molecule has 0 saturated carbocycles. The van der Waals surface area contributed by atoms with Gasteiger partial charge < -0.3 is 4.74 Å². The highest BCUT2D eigenvalue weighted by molar-refractivity contribution is 14.1. The maximum absolute atomic E-state index is 7.00. The fraction of sp³-hybridized carbons (Fsp3) is 0.0508. The van der Waals surface area contributed by atoms with Crippen LogP contribution in [0.4, 0.5) is 0 Å². The summed E-state index contributed by atoms with van der Waals surface area (Å²) in [6.07, 6.45) is 0. The summed E-state index contributed by atoms with van der Waals surface area (Å²) in [5, 5.41) is 0.